The van der Waals surface area contributed by atoms with Crippen molar-refractivity contribution in [2.45, 2.75) is 0 Å². The Bertz CT molecular complexity index is 2610. The zero-order chi connectivity index (χ0) is 31.6. The van der Waals surface area contributed by atoms with Gasteiger partial charge in [0, 0.05) is 0 Å². The molecule has 10 aromatic carbocycles. The van der Waals surface area contributed by atoms with Gasteiger partial charge in [0.15, 0.2) is 0 Å². The van der Waals surface area contributed by atoms with Crippen molar-refractivity contribution in [2.75, 3.05) is 0 Å². The van der Waals surface area contributed by atoms with Gasteiger partial charge >= 0.3 is 0 Å². The summed E-state index contributed by atoms with van der Waals surface area (Å²) in [6.07, 6.45) is 0. The molecular formula is C48H30. The number of fused-ring (bicyclic) bond motifs is 2. The maximum absolute atomic E-state index is 2.42. The van der Waals surface area contributed by atoms with Gasteiger partial charge in [-0.25, -0.2) is 0 Å². The van der Waals surface area contributed by atoms with E-state index in [1.54, 1.807) is 0 Å². The van der Waals surface area contributed by atoms with Crippen LogP contribution < -0.4 is 0 Å². The van der Waals surface area contributed by atoms with E-state index in [1.165, 1.54) is 98.4 Å². The van der Waals surface area contributed by atoms with E-state index in [-0.39, 0.29) is 0 Å². The molecule has 0 aromatic heterocycles. The third-order valence-electron chi connectivity index (χ3n) is 10.2. The fourth-order valence-corrected chi connectivity index (χ4v) is 7.90. The topological polar surface area (TPSA) is 0 Å². The van der Waals surface area contributed by atoms with Crippen LogP contribution in [0.15, 0.2) is 182 Å². The molecule has 10 aromatic rings. The summed E-state index contributed by atoms with van der Waals surface area (Å²) in [6.45, 7) is 0. The van der Waals surface area contributed by atoms with Crippen LogP contribution in [-0.2, 0) is 0 Å². The van der Waals surface area contributed by atoms with Gasteiger partial charge in [-0.05, 0) is 123 Å². The van der Waals surface area contributed by atoms with Crippen LogP contribution in [-0.4, -0.2) is 0 Å². The summed E-state index contributed by atoms with van der Waals surface area (Å²) in [5.74, 6) is 0. The van der Waals surface area contributed by atoms with Crippen LogP contribution in [0.1, 0.15) is 0 Å². The first-order valence-corrected chi connectivity index (χ1v) is 16.7. The Morgan fingerprint density at radius 1 is 0.208 bits per heavy atom. The highest BCUT2D eigenvalue weighted by atomic mass is 14.2. The molecule has 0 unspecified atom stereocenters. The van der Waals surface area contributed by atoms with Crippen LogP contribution in [0, 0.1) is 0 Å². The third-order valence-corrected chi connectivity index (χ3v) is 10.2. The Morgan fingerprint density at radius 3 is 0.938 bits per heavy atom. The first kappa shape index (κ1) is 26.9. The third kappa shape index (κ3) is 4.16. The van der Waals surface area contributed by atoms with Crippen molar-refractivity contribution in [1.29, 1.82) is 0 Å². The van der Waals surface area contributed by atoms with Crippen molar-refractivity contribution in [3.8, 4) is 44.5 Å². The van der Waals surface area contributed by atoms with Crippen LogP contribution in [0.3, 0.4) is 0 Å². The molecule has 0 amide bonds. The summed E-state index contributed by atoms with van der Waals surface area (Å²) in [5.41, 5.74) is 9.99. The maximum Gasteiger partial charge on any atom is -0.00139 e. The highest BCUT2D eigenvalue weighted by Crippen LogP contribution is 2.48. The Balaban J connectivity index is 1.37. The number of benzene rings is 10. The minimum absolute atomic E-state index is 1.23. The minimum Gasteiger partial charge on any atom is -0.0622 e. The van der Waals surface area contributed by atoms with Gasteiger partial charge in [0.1, 0.15) is 0 Å². The molecule has 0 nitrogen and oxygen atoms in total. The van der Waals surface area contributed by atoms with Crippen molar-refractivity contribution in [2.24, 2.45) is 0 Å². The van der Waals surface area contributed by atoms with Crippen LogP contribution in [0.25, 0.3) is 98.4 Å². The summed E-state index contributed by atoms with van der Waals surface area (Å²) in [4.78, 5) is 0. The second-order valence-corrected chi connectivity index (χ2v) is 12.9. The van der Waals surface area contributed by atoms with Gasteiger partial charge in [0.05, 0.1) is 0 Å². The first-order chi connectivity index (χ1) is 23.8. The monoisotopic (exact) mass is 606 g/mol. The van der Waals surface area contributed by atoms with E-state index < -0.39 is 0 Å². The molecule has 0 spiro atoms. The summed E-state index contributed by atoms with van der Waals surface area (Å²) in [5, 5.41) is 12.8. The van der Waals surface area contributed by atoms with E-state index in [1.807, 2.05) is 0 Å². The van der Waals surface area contributed by atoms with E-state index in [2.05, 4.69) is 182 Å². The summed E-state index contributed by atoms with van der Waals surface area (Å²) < 4.78 is 0. The predicted molar refractivity (Wildman–Crippen MR) is 207 cm³/mol. The second kappa shape index (κ2) is 10.7. The van der Waals surface area contributed by atoms with Crippen molar-refractivity contribution >= 4 is 53.9 Å². The lowest BCUT2D eigenvalue weighted by atomic mass is 9.81. The normalized spacial score (nSPS) is 11.8. The van der Waals surface area contributed by atoms with Crippen molar-refractivity contribution in [3.05, 3.63) is 182 Å². The molecule has 222 valence electrons. The van der Waals surface area contributed by atoms with E-state index in [4.69, 9.17) is 0 Å². The molecule has 48 heavy (non-hydrogen) atoms. The lowest BCUT2D eigenvalue weighted by molar-refractivity contribution is 1.63. The molecule has 0 saturated carbocycles. The molecule has 10 rings (SSSR count). The lowest BCUT2D eigenvalue weighted by Crippen LogP contribution is -1.94. The van der Waals surface area contributed by atoms with E-state index in [9.17, 15) is 0 Å². The largest absolute Gasteiger partial charge is 0.0622 e. The van der Waals surface area contributed by atoms with Crippen LogP contribution in [0.2, 0.25) is 0 Å². The Labute approximate surface area is 279 Å². The molecule has 0 fully saturated rings. The fraction of sp³-hybridized carbons (Fsp3) is 0. The molecule has 0 N–H and O–H groups in total. The van der Waals surface area contributed by atoms with Crippen LogP contribution in [0.4, 0.5) is 0 Å². The first-order valence-electron chi connectivity index (χ1n) is 16.7. The predicted octanol–water partition coefficient (Wildman–Crippen LogP) is 13.6. The van der Waals surface area contributed by atoms with Crippen molar-refractivity contribution < 1.29 is 0 Å². The molecule has 0 aliphatic carbocycles. The molecular weight excluding hydrogens is 577 g/mol. The van der Waals surface area contributed by atoms with Crippen LogP contribution >= 0.6 is 0 Å². The molecule has 0 heteroatoms. The zero-order valence-electron chi connectivity index (χ0n) is 26.3. The summed E-state index contributed by atoms with van der Waals surface area (Å²) >= 11 is 0. The lowest BCUT2D eigenvalue weighted by Gasteiger charge is -2.21. The van der Waals surface area contributed by atoms with E-state index >= 15 is 0 Å². The highest BCUT2D eigenvalue weighted by molar-refractivity contribution is 6.32. The Kier molecular flexibility index (Phi) is 5.98. The van der Waals surface area contributed by atoms with Gasteiger partial charge in [-0.15, -0.1) is 0 Å². The molecule has 0 bridgehead atoms. The van der Waals surface area contributed by atoms with Gasteiger partial charge < -0.3 is 0 Å². The van der Waals surface area contributed by atoms with Gasteiger partial charge in [0.2, 0.25) is 0 Å². The molecule has 0 aliphatic rings. The van der Waals surface area contributed by atoms with Crippen molar-refractivity contribution in [1.82, 2.24) is 0 Å². The van der Waals surface area contributed by atoms with Crippen LogP contribution in [0.5, 0.6) is 0 Å². The molecule has 0 atom stereocenters. The smallest absolute Gasteiger partial charge is 0.00139 e. The Morgan fingerprint density at radius 2 is 0.542 bits per heavy atom. The average Bonchev–Trinajstić information content (AvgIpc) is 3.16. The summed E-state index contributed by atoms with van der Waals surface area (Å²) in [7, 11) is 0. The highest BCUT2D eigenvalue weighted by Gasteiger charge is 2.21. The van der Waals surface area contributed by atoms with E-state index in [0.29, 0.717) is 0 Å². The maximum atomic E-state index is 2.42. The molecule has 0 saturated heterocycles. The number of hydrogen-bond acceptors (Lipinski definition) is 0. The minimum atomic E-state index is 1.23. The van der Waals surface area contributed by atoms with Gasteiger partial charge in [-0.3, -0.25) is 0 Å². The number of hydrogen-bond donors (Lipinski definition) is 0. The van der Waals surface area contributed by atoms with E-state index in [0.717, 1.165) is 0 Å². The molecule has 0 radical (unpaired) electrons. The SMILES string of the molecule is c1ccc(-c2cc(-c3ccc4ccccc4c3)c3ccc4c(-c5ccccc5)cc(-c5ccc6ccccc6c5)c5ccc2c3c45)cc1. The quantitative estimate of drug-likeness (QED) is 0.175. The average molecular weight is 607 g/mol. The van der Waals surface area contributed by atoms with Gasteiger partial charge in [-0.2, -0.15) is 0 Å². The van der Waals surface area contributed by atoms with Gasteiger partial charge in [0.25, 0.3) is 0 Å². The summed E-state index contributed by atoms with van der Waals surface area (Å²) in [6, 6.07) is 67.2. The van der Waals surface area contributed by atoms with Crippen molar-refractivity contribution in [3.63, 3.8) is 0 Å². The molecule has 0 aliphatic heterocycles. The molecule has 0 heterocycles. The second-order valence-electron chi connectivity index (χ2n) is 12.9. The number of rotatable bonds is 4. The fourth-order valence-electron chi connectivity index (χ4n) is 7.90. The van der Waals surface area contributed by atoms with Gasteiger partial charge in [-0.1, -0.05) is 158 Å². The zero-order valence-corrected chi connectivity index (χ0v) is 26.3. The Hall–Kier alpha value is -6.24. The standard InChI is InChI=1S/C48H30/c1-3-13-33(14-4-1)43-29-45(37-21-19-31-11-7-9-17-35(31)27-37)41-26-24-40-44(34-15-5-2-6-16-34)30-46(42-25-23-39(43)47(41)48(40)42)38-22-20-32-12-8-10-18-36(32)28-38/h1-30H.